The van der Waals surface area contributed by atoms with Gasteiger partial charge in [0.1, 0.15) is 16.8 Å². The molecule has 0 fully saturated rings. The van der Waals surface area contributed by atoms with Gasteiger partial charge in [-0.2, -0.15) is 0 Å². The molecule has 1 aromatic heterocycles. The molecule has 5 nitrogen and oxygen atoms in total. The van der Waals surface area contributed by atoms with E-state index in [-0.39, 0.29) is 10.3 Å². The molecular weight excluding hydrogens is 291 g/mol. The molecule has 1 rings (SSSR count). The molecule has 0 aliphatic rings. The molecule has 1 atom stereocenters. The van der Waals surface area contributed by atoms with Gasteiger partial charge in [-0.3, -0.25) is 9.36 Å². The van der Waals surface area contributed by atoms with Crippen molar-refractivity contribution in [3.8, 4) is 0 Å². The zero-order valence-electron chi connectivity index (χ0n) is 11.2. The molecule has 106 valence electrons. The van der Waals surface area contributed by atoms with E-state index in [1.54, 1.807) is 27.7 Å². The number of nitrogens with zero attached hydrogens (tertiary/aromatic N) is 2. The van der Waals surface area contributed by atoms with E-state index in [4.69, 9.17) is 27.9 Å². The van der Waals surface area contributed by atoms with Crippen LogP contribution in [-0.2, 0) is 9.53 Å². The van der Waals surface area contributed by atoms with E-state index in [0.717, 1.165) is 4.57 Å². The first-order chi connectivity index (χ1) is 8.65. The van der Waals surface area contributed by atoms with Crippen LogP contribution in [0.25, 0.3) is 0 Å². The fourth-order valence-corrected chi connectivity index (χ4v) is 1.95. The smallest absolute Gasteiger partial charge is 0.329 e. The van der Waals surface area contributed by atoms with E-state index in [1.807, 2.05) is 0 Å². The first kappa shape index (κ1) is 16.0. The van der Waals surface area contributed by atoms with Crippen LogP contribution in [0.1, 0.15) is 40.2 Å². The maximum absolute atomic E-state index is 12.1. The minimum Gasteiger partial charge on any atom is -0.458 e. The van der Waals surface area contributed by atoms with Gasteiger partial charge in [-0.15, -0.1) is 0 Å². The van der Waals surface area contributed by atoms with Crippen LogP contribution >= 0.6 is 23.2 Å². The number of hydrogen-bond donors (Lipinski definition) is 0. The molecule has 1 unspecified atom stereocenters. The summed E-state index contributed by atoms with van der Waals surface area (Å²) in [6, 6.07) is -0.773. The Hall–Kier alpha value is -1.07. The highest BCUT2D eigenvalue weighted by Gasteiger charge is 2.26. The zero-order valence-corrected chi connectivity index (χ0v) is 12.7. The normalized spacial score (nSPS) is 13.2. The lowest BCUT2D eigenvalue weighted by molar-refractivity contribution is -0.159. The van der Waals surface area contributed by atoms with Gasteiger partial charge in [-0.05, 0) is 27.2 Å². The summed E-state index contributed by atoms with van der Waals surface area (Å²) < 4.78 is 6.43. The van der Waals surface area contributed by atoms with E-state index in [1.165, 1.54) is 6.20 Å². The lowest BCUT2D eigenvalue weighted by Crippen LogP contribution is -2.35. The molecule has 1 aromatic rings. The molecule has 0 radical (unpaired) electrons. The van der Waals surface area contributed by atoms with Crippen molar-refractivity contribution in [1.29, 1.82) is 0 Å². The Kier molecular flexibility index (Phi) is 4.98. The molecule has 0 aromatic carbocycles. The largest absolute Gasteiger partial charge is 0.458 e. The zero-order chi connectivity index (χ0) is 14.8. The number of halogens is 2. The second kappa shape index (κ2) is 5.92. The van der Waals surface area contributed by atoms with Crippen LogP contribution in [0.5, 0.6) is 0 Å². The van der Waals surface area contributed by atoms with E-state index in [9.17, 15) is 9.59 Å². The van der Waals surface area contributed by atoms with Gasteiger partial charge in [0.05, 0.1) is 0 Å². The number of ether oxygens (including phenoxy) is 1. The van der Waals surface area contributed by atoms with Gasteiger partial charge in [-0.25, -0.2) is 9.78 Å². The highest BCUT2D eigenvalue weighted by atomic mass is 35.5. The van der Waals surface area contributed by atoms with Crippen molar-refractivity contribution >= 4 is 29.2 Å². The average Bonchev–Trinajstić information content (AvgIpc) is 2.23. The molecule has 0 saturated heterocycles. The fourth-order valence-electron chi connectivity index (χ4n) is 1.53. The van der Waals surface area contributed by atoms with Crippen LogP contribution in [0.4, 0.5) is 0 Å². The van der Waals surface area contributed by atoms with Crippen molar-refractivity contribution < 1.29 is 9.53 Å². The van der Waals surface area contributed by atoms with Crippen molar-refractivity contribution in [3.05, 3.63) is 26.9 Å². The summed E-state index contributed by atoms with van der Waals surface area (Å²) in [5.41, 5.74) is -1.20. The van der Waals surface area contributed by atoms with Crippen LogP contribution in [0, 0.1) is 0 Å². The van der Waals surface area contributed by atoms with E-state index in [2.05, 4.69) is 4.98 Å². The SMILES string of the molecule is CCC(C(=O)OC(C)(C)C)n1cc(Cl)nc(Cl)c1=O. The first-order valence-electron chi connectivity index (χ1n) is 5.82. The van der Waals surface area contributed by atoms with Crippen LogP contribution in [0.3, 0.4) is 0 Å². The molecule has 19 heavy (non-hydrogen) atoms. The standard InChI is InChI=1S/C12H16Cl2N2O3/c1-5-7(11(18)19-12(2,3)4)16-6-8(13)15-9(14)10(16)17/h6-7H,5H2,1-4H3. The van der Waals surface area contributed by atoms with Crippen LogP contribution < -0.4 is 5.56 Å². The molecule has 1 heterocycles. The van der Waals surface area contributed by atoms with Gasteiger partial charge in [0.25, 0.3) is 5.56 Å². The van der Waals surface area contributed by atoms with Crippen molar-refractivity contribution in [3.63, 3.8) is 0 Å². The Morgan fingerprint density at radius 1 is 1.47 bits per heavy atom. The minimum atomic E-state index is -0.773. The maximum atomic E-state index is 12.1. The molecular formula is C12H16Cl2N2O3. The summed E-state index contributed by atoms with van der Waals surface area (Å²) in [6.07, 6.45) is 1.67. The minimum absolute atomic E-state index is 0.0478. The van der Waals surface area contributed by atoms with Gasteiger partial charge in [0.2, 0.25) is 0 Å². The summed E-state index contributed by atoms with van der Waals surface area (Å²) in [6.45, 7) is 7.04. The molecule has 0 spiro atoms. The lowest BCUT2D eigenvalue weighted by Gasteiger charge is -2.24. The summed E-state index contributed by atoms with van der Waals surface area (Å²) in [7, 11) is 0. The van der Waals surface area contributed by atoms with Crippen molar-refractivity contribution in [2.75, 3.05) is 0 Å². The molecule has 0 amide bonds. The number of carbonyl (C=O) groups is 1. The Bertz CT molecular complexity index is 535. The summed E-state index contributed by atoms with van der Waals surface area (Å²) in [5, 5.41) is -0.221. The first-order valence-corrected chi connectivity index (χ1v) is 6.58. The highest BCUT2D eigenvalue weighted by Crippen LogP contribution is 2.18. The third-order valence-electron chi connectivity index (χ3n) is 2.26. The second-order valence-electron chi connectivity index (χ2n) is 5.02. The molecule has 0 N–H and O–H groups in total. The summed E-state index contributed by atoms with van der Waals surface area (Å²) >= 11 is 11.4. The third-order valence-corrected chi connectivity index (χ3v) is 2.69. The van der Waals surface area contributed by atoms with Crippen molar-refractivity contribution in [2.24, 2.45) is 0 Å². The van der Waals surface area contributed by atoms with Gasteiger partial charge in [-0.1, -0.05) is 30.1 Å². The van der Waals surface area contributed by atoms with Gasteiger partial charge in [0.15, 0.2) is 5.15 Å². The van der Waals surface area contributed by atoms with Crippen LogP contribution in [0.2, 0.25) is 10.3 Å². The molecule has 0 aliphatic carbocycles. The van der Waals surface area contributed by atoms with Gasteiger partial charge < -0.3 is 4.74 Å². The average molecular weight is 307 g/mol. The van der Waals surface area contributed by atoms with Crippen molar-refractivity contribution in [1.82, 2.24) is 9.55 Å². The molecule has 0 bridgehead atoms. The maximum Gasteiger partial charge on any atom is 0.329 e. The number of esters is 1. The molecule has 7 heteroatoms. The number of rotatable bonds is 3. The van der Waals surface area contributed by atoms with E-state index < -0.39 is 23.2 Å². The fraction of sp³-hybridized carbons (Fsp3) is 0.583. The highest BCUT2D eigenvalue weighted by molar-refractivity contribution is 6.32. The summed E-state index contributed by atoms with van der Waals surface area (Å²) in [5.74, 6) is -0.504. The Balaban J connectivity index is 3.18. The van der Waals surface area contributed by atoms with Crippen LogP contribution in [-0.4, -0.2) is 21.1 Å². The Morgan fingerprint density at radius 2 is 2.05 bits per heavy atom. The van der Waals surface area contributed by atoms with E-state index >= 15 is 0 Å². The predicted octanol–water partition coefficient (Wildman–Crippen LogP) is 2.84. The topological polar surface area (TPSA) is 61.2 Å². The quantitative estimate of drug-likeness (QED) is 0.806. The Morgan fingerprint density at radius 3 is 2.53 bits per heavy atom. The summed E-state index contributed by atoms with van der Waals surface area (Å²) in [4.78, 5) is 27.6. The number of hydrogen-bond acceptors (Lipinski definition) is 4. The second-order valence-corrected chi connectivity index (χ2v) is 5.77. The third kappa shape index (κ3) is 4.21. The van der Waals surface area contributed by atoms with E-state index in [0.29, 0.717) is 6.42 Å². The Labute approximate surface area is 121 Å². The van der Waals surface area contributed by atoms with Gasteiger partial charge >= 0.3 is 5.97 Å². The molecule has 0 saturated carbocycles. The lowest BCUT2D eigenvalue weighted by atomic mass is 10.1. The number of aromatic nitrogens is 2. The number of carbonyl (C=O) groups excluding carboxylic acids is 1. The van der Waals surface area contributed by atoms with Gasteiger partial charge in [0, 0.05) is 6.20 Å². The van der Waals surface area contributed by atoms with Crippen LogP contribution in [0.15, 0.2) is 11.0 Å². The monoisotopic (exact) mass is 306 g/mol. The van der Waals surface area contributed by atoms with Crippen molar-refractivity contribution in [2.45, 2.75) is 45.8 Å². The predicted molar refractivity (Wildman–Crippen MR) is 73.7 cm³/mol. The molecule has 0 aliphatic heterocycles.